The maximum absolute atomic E-state index is 6.01. The van der Waals surface area contributed by atoms with E-state index in [4.69, 9.17) is 10.5 Å². The van der Waals surface area contributed by atoms with Gasteiger partial charge in [0.1, 0.15) is 5.75 Å². The number of hydrogen-bond donors (Lipinski definition) is 1. The summed E-state index contributed by atoms with van der Waals surface area (Å²) in [6.45, 7) is 7.10. The minimum absolute atomic E-state index is 0.237. The number of methoxy groups -OCH3 is 1. The van der Waals surface area contributed by atoms with Crippen LogP contribution in [0.3, 0.4) is 0 Å². The van der Waals surface area contributed by atoms with Crippen LogP contribution in [0.1, 0.15) is 38.3 Å². The third-order valence-electron chi connectivity index (χ3n) is 3.43. The van der Waals surface area contributed by atoms with Crippen molar-refractivity contribution in [3.05, 3.63) is 28.2 Å². The van der Waals surface area contributed by atoms with Crippen LogP contribution in [-0.4, -0.2) is 31.6 Å². The first-order chi connectivity index (χ1) is 9.17. The van der Waals surface area contributed by atoms with Gasteiger partial charge in [0, 0.05) is 17.1 Å². The molecule has 3 nitrogen and oxygen atoms in total. The van der Waals surface area contributed by atoms with Crippen LogP contribution in [0.25, 0.3) is 0 Å². The monoisotopic (exact) mass is 328 g/mol. The van der Waals surface area contributed by atoms with E-state index in [0.717, 1.165) is 23.3 Å². The van der Waals surface area contributed by atoms with Gasteiger partial charge in [-0.05, 0) is 43.3 Å². The third-order valence-corrected chi connectivity index (χ3v) is 4.15. The molecule has 0 aliphatic heterocycles. The van der Waals surface area contributed by atoms with Crippen molar-refractivity contribution in [2.75, 3.05) is 26.7 Å². The summed E-state index contributed by atoms with van der Waals surface area (Å²) in [6.07, 6.45) is 2.40. The van der Waals surface area contributed by atoms with Crippen molar-refractivity contribution in [1.29, 1.82) is 0 Å². The zero-order valence-corrected chi connectivity index (χ0v) is 13.7. The molecule has 0 amide bonds. The second kappa shape index (κ2) is 8.56. The van der Waals surface area contributed by atoms with Crippen molar-refractivity contribution in [2.45, 2.75) is 32.7 Å². The first kappa shape index (κ1) is 16.5. The van der Waals surface area contributed by atoms with Gasteiger partial charge < -0.3 is 10.5 Å². The molecule has 0 saturated heterocycles. The fourth-order valence-electron chi connectivity index (χ4n) is 2.27. The second-order valence-corrected chi connectivity index (χ2v) is 5.48. The van der Waals surface area contributed by atoms with E-state index in [1.165, 1.54) is 18.4 Å². The molecule has 0 saturated carbocycles. The average molecular weight is 329 g/mol. The Labute approximate surface area is 125 Å². The lowest BCUT2D eigenvalue weighted by Crippen LogP contribution is -2.34. The average Bonchev–Trinajstić information content (AvgIpc) is 2.44. The molecule has 0 radical (unpaired) electrons. The van der Waals surface area contributed by atoms with Crippen molar-refractivity contribution in [1.82, 2.24) is 4.90 Å². The number of likely N-dealkylation sites (N-methyl/N-ethyl adjacent to an activating group) is 1. The maximum Gasteiger partial charge on any atom is 0.119 e. The van der Waals surface area contributed by atoms with Crippen LogP contribution in [0.15, 0.2) is 22.7 Å². The van der Waals surface area contributed by atoms with Crippen LogP contribution in [-0.2, 0) is 0 Å². The SMILES string of the molecule is CCCCN(CC)C(CN)c1cc(OC)ccc1Br. The van der Waals surface area contributed by atoms with Crippen LogP contribution in [0.5, 0.6) is 5.75 Å². The van der Waals surface area contributed by atoms with Gasteiger partial charge in [-0.15, -0.1) is 0 Å². The van der Waals surface area contributed by atoms with E-state index in [9.17, 15) is 0 Å². The Morgan fingerprint density at radius 1 is 1.37 bits per heavy atom. The Hall–Kier alpha value is -0.580. The highest BCUT2D eigenvalue weighted by Gasteiger charge is 2.20. The first-order valence-corrected chi connectivity index (χ1v) is 7.74. The van der Waals surface area contributed by atoms with Crippen molar-refractivity contribution < 1.29 is 4.74 Å². The summed E-state index contributed by atoms with van der Waals surface area (Å²) >= 11 is 3.63. The molecule has 1 rings (SSSR count). The molecule has 2 N–H and O–H groups in total. The normalized spacial score (nSPS) is 12.7. The lowest BCUT2D eigenvalue weighted by molar-refractivity contribution is 0.208. The number of nitrogens with two attached hydrogens (primary N) is 1. The summed E-state index contributed by atoms with van der Waals surface area (Å²) < 4.78 is 6.41. The largest absolute Gasteiger partial charge is 0.497 e. The Bertz CT molecular complexity index is 384. The molecule has 19 heavy (non-hydrogen) atoms. The van der Waals surface area contributed by atoms with E-state index in [2.05, 4.69) is 40.7 Å². The molecule has 108 valence electrons. The van der Waals surface area contributed by atoms with Gasteiger partial charge in [0.15, 0.2) is 0 Å². The Morgan fingerprint density at radius 3 is 2.63 bits per heavy atom. The highest BCUT2D eigenvalue weighted by molar-refractivity contribution is 9.10. The van der Waals surface area contributed by atoms with Crippen molar-refractivity contribution >= 4 is 15.9 Å². The maximum atomic E-state index is 6.01. The van der Waals surface area contributed by atoms with E-state index < -0.39 is 0 Å². The second-order valence-electron chi connectivity index (χ2n) is 4.62. The molecule has 0 aliphatic carbocycles. The number of benzene rings is 1. The fourth-order valence-corrected chi connectivity index (χ4v) is 2.78. The van der Waals surface area contributed by atoms with Crippen molar-refractivity contribution in [3.63, 3.8) is 0 Å². The zero-order chi connectivity index (χ0) is 14.3. The van der Waals surface area contributed by atoms with Gasteiger partial charge in [-0.25, -0.2) is 0 Å². The van der Waals surface area contributed by atoms with Gasteiger partial charge in [-0.1, -0.05) is 36.2 Å². The summed E-state index contributed by atoms with van der Waals surface area (Å²) in [5.41, 5.74) is 7.22. The van der Waals surface area contributed by atoms with Gasteiger partial charge in [0.2, 0.25) is 0 Å². The Morgan fingerprint density at radius 2 is 2.11 bits per heavy atom. The van der Waals surface area contributed by atoms with Gasteiger partial charge in [0.25, 0.3) is 0 Å². The number of ether oxygens (including phenoxy) is 1. The molecule has 0 fully saturated rings. The molecule has 1 aromatic carbocycles. The van der Waals surface area contributed by atoms with E-state index >= 15 is 0 Å². The van der Waals surface area contributed by atoms with Gasteiger partial charge in [-0.2, -0.15) is 0 Å². The predicted molar refractivity (Wildman–Crippen MR) is 84.6 cm³/mol. The number of halogens is 1. The van der Waals surface area contributed by atoms with E-state index in [1.807, 2.05) is 12.1 Å². The lowest BCUT2D eigenvalue weighted by atomic mass is 10.0. The van der Waals surface area contributed by atoms with Crippen LogP contribution in [0, 0.1) is 0 Å². The minimum atomic E-state index is 0.237. The Balaban J connectivity index is 2.99. The van der Waals surface area contributed by atoms with Crippen molar-refractivity contribution in [2.24, 2.45) is 5.73 Å². The summed E-state index contributed by atoms with van der Waals surface area (Å²) in [6, 6.07) is 6.31. The number of nitrogens with zero attached hydrogens (tertiary/aromatic N) is 1. The first-order valence-electron chi connectivity index (χ1n) is 6.95. The number of hydrogen-bond acceptors (Lipinski definition) is 3. The summed E-state index contributed by atoms with van der Waals surface area (Å²) in [4.78, 5) is 2.43. The van der Waals surface area contributed by atoms with E-state index in [1.54, 1.807) is 7.11 Å². The number of unbranched alkanes of at least 4 members (excludes halogenated alkanes) is 1. The molecule has 1 unspecified atom stereocenters. The van der Waals surface area contributed by atoms with Crippen LogP contribution in [0.2, 0.25) is 0 Å². The molecule has 0 bridgehead atoms. The summed E-state index contributed by atoms with van der Waals surface area (Å²) in [5, 5.41) is 0. The van der Waals surface area contributed by atoms with Gasteiger partial charge in [0.05, 0.1) is 7.11 Å². The fraction of sp³-hybridized carbons (Fsp3) is 0.600. The summed E-state index contributed by atoms with van der Waals surface area (Å²) in [5.74, 6) is 0.878. The molecule has 0 aromatic heterocycles. The highest BCUT2D eigenvalue weighted by Crippen LogP contribution is 2.30. The van der Waals surface area contributed by atoms with Crippen LogP contribution >= 0.6 is 15.9 Å². The predicted octanol–water partition coefficient (Wildman–Crippen LogP) is 3.58. The van der Waals surface area contributed by atoms with Gasteiger partial charge in [-0.3, -0.25) is 4.90 Å². The Kier molecular flexibility index (Phi) is 7.42. The van der Waals surface area contributed by atoms with Crippen LogP contribution < -0.4 is 10.5 Å². The molecule has 0 spiro atoms. The number of rotatable bonds is 8. The molecule has 0 aliphatic rings. The topological polar surface area (TPSA) is 38.5 Å². The van der Waals surface area contributed by atoms with Crippen LogP contribution in [0.4, 0.5) is 0 Å². The summed E-state index contributed by atoms with van der Waals surface area (Å²) in [7, 11) is 1.69. The minimum Gasteiger partial charge on any atom is -0.497 e. The zero-order valence-electron chi connectivity index (χ0n) is 12.2. The quantitative estimate of drug-likeness (QED) is 0.792. The third kappa shape index (κ3) is 4.48. The molecular formula is C15H25BrN2O. The molecular weight excluding hydrogens is 304 g/mol. The van der Waals surface area contributed by atoms with Crippen molar-refractivity contribution in [3.8, 4) is 5.75 Å². The molecule has 1 atom stereocenters. The smallest absolute Gasteiger partial charge is 0.119 e. The molecule has 1 aromatic rings. The lowest BCUT2D eigenvalue weighted by Gasteiger charge is -2.31. The van der Waals surface area contributed by atoms with Gasteiger partial charge >= 0.3 is 0 Å². The van der Waals surface area contributed by atoms with E-state index in [0.29, 0.717) is 6.54 Å². The molecule has 0 heterocycles. The highest BCUT2D eigenvalue weighted by atomic mass is 79.9. The van der Waals surface area contributed by atoms with E-state index in [-0.39, 0.29) is 6.04 Å². The standard InChI is InChI=1S/C15H25BrN2O/c1-4-6-9-18(5-2)15(11-17)13-10-12(19-3)7-8-14(13)16/h7-8,10,15H,4-6,9,11,17H2,1-3H3. The molecule has 4 heteroatoms.